The molecule has 36 heteroatoms. The normalized spacial score (nSPS) is 10.1. The molecule has 2 atom stereocenters. The number of halogens is 5. The molecule has 0 aliphatic carbocycles. The number of esters is 2. The fourth-order valence-electron chi connectivity index (χ4n) is 4.14. The second-order valence-corrected chi connectivity index (χ2v) is 19.8. The number of anilines is 1. The Labute approximate surface area is 552 Å². The van der Waals surface area contributed by atoms with Gasteiger partial charge in [0, 0.05) is 54.4 Å². The van der Waals surface area contributed by atoms with Gasteiger partial charge in [-0.2, -0.15) is 0 Å². The van der Waals surface area contributed by atoms with Gasteiger partial charge in [0.15, 0.2) is 12.6 Å². The first-order valence-corrected chi connectivity index (χ1v) is 26.1. The molecule has 5 heterocycles. The first-order valence-electron chi connectivity index (χ1n) is 20.2. The number of ether oxygens (including phenoxy) is 7. The van der Waals surface area contributed by atoms with E-state index >= 15 is 0 Å². The molecule has 2 unspecified atom stereocenters. The average Bonchev–Trinajstić information content (AvgIpc) is 4.07. The number of methoxy groups -OCH3 is 5. The van der Waals surface area contributed by atoms with Crippen molar-refractivity contribution in [3.05, 3.63) is 97.8 Å². The molecule has 5 aromatic rings. The summed E-state index contributed by atoms with van der Waals surface area (Å²) in [6.45, 7) is 18.6. The minimum atomic E-state index is -3.22. The van der Waals surface area contributed by atoms with Crippen molar-refractivity contribution in [1.29, 1.82) is 5.41 Å². The summed E-state index contributed by atoms with van der Waals surface area (Å²) in [5.74, 6) is -0.697. The van der Waals surface area contributed by atoms with Crippen LogP contribution >= 0.6 is 66.5 Å². The number of hydrogen-bond acceptors (Lipinski definition) is 21. The topological polar surface area (TPSA) is 399 Å². The second-order valence-electron chi connectivity index (χ2n) is 12.2. The van der Waals surface area contributed by atoms with Crippen molar-refractivity contribution in [2.75, 3.05) is 66.4 Å². The van der Waals surface area contributed by atoms with Crippen LogP contribution in [-0.4, -0.2) is 150 Å². The number of aromatic amines is 4. The Hall–Kier alpha value is -2.52. The number of carbonyl (C=O) groups excluding carboxylic acids is 3. The molecule has 416 valence electrons. The van der Waals surface area contributed by atoms with Gasteiger partial charge in [-0.05, 0) is 66.6 Å². The van der Waals surface area contributed by atoms with Gasteiger partial charge < -0.3 is 85.8 Å². The van der Waals surface area contributed by atoms with Crippen molar-refractivity contribution >= 4 is 119 Å². The third-order valence-corrected chi connectivity index (χ3v) is 8.25. The molecule has 0 spiro atoms. The molecule has 0 aromatic carbocycles. The SMILES string of the molecule is COC(CBr)OC.COC(Cc1c(N)nc[nH]c1=O)OC.Clc1ncnc2[nH]ccc12.N=CN.O=CO[O-].O=P(Cl)(Cl)Cl.O=c1[nH]cnc2[nH]ccc12.[C-]#[N+]C(CC(C)OC)C(=O)OCC.[C-]#[N+]CC(=O)OCC.[H-].[K+].[K+]. The van der Waals surface area contributed by atoms with Crippen LogP contribution in [0.25, 0.3) is 31.8 Å². The van der Waals surface area contributed by atoms with E-state index in [0.717, 1.165) is 22.7 Å². The average molecular weight is 1290 g/mol. The Bertz CT molecular complexity index is 2530. The van der Waals surface area contributed by atoms with E-state index in [1.54, 1.807) is 53.6 Å². The van der Waals surface area contributed by atoms with Crippen LogP contribution in [0.5, 0.6) is 0 Å². The summed E-state index contributed by atoms with van der Waals surface area (Å²) in [5.41, 5.74) is 11.3. The van der Waals surface area contributed by atoms with Gasteiger partial charge in [-0.25, -0.2) is 42.7 Å². The number of aromatic nitrogens is 8. The molecule has 5 aromatic heterocycles. The van der Waals surface area contributed by atoms with Crippen LogP contribution in [0.3, 0.4) is 0 Å². The van der Waals surface area contributed by atoms with Gasteiger partial charge in [0.25, 0.3) is 17.6 Å². The fourth-order valence-corrected chi connectivity index (χ4v) is 4.86. The summed E-state index contributed by atoms with van der Waals surface area (Å²) in [4.78, 5) is 86.9. The Balaban J connectivity index is -0.000000147. The van der Waals surface area contributed by atoms with Crippen molar-refractivity contribution in [2.45, 2.75) is 58.3 Å². The maximum Gasteiger partial charge on any atom is 1.00 e. The van der Waals surface area contributed by atoms with E-state index in [1.807, 2.05) is 13.0 Å². The molecular formula is C40H59BrCl4K2N13O15P. The number of fused-ring (bicyclic) bond motifs is 2. The van der Waals surface area contributed by atoms with Crippen LogP contribution < -0.4 is 131 Å². The molecule has 76 heavy (non-hydrogen) atoms. The largest absolute Gasteiger partial charge is 1.00 e. The Morgan fingerprint density at radius 2 is 1.34 bits per heavy atom. The van der Waals surface area contributed by atoms with Gasteiger partial charge in [0.2, 0.25) is 0 Å². The summed E-state index contributed by atoms with van der Waals surface area (Å²) in [6.07, 6.45) is 8.28. The molecule has 0 saturated carbocycles. The van der Waals surface area contributed by atoms with E-state index in [-0.39, 0.29) is 153 Å². The van der Waals surface area contributed by atoms with Crippen molar-refractivity contribution in [1.82, 2.24) is 39.9 Å². The maximum atomic E-state index is 11.3. The number of nitrogens with one attached hydrogen (secondary N) is 5. The molecule has 28 nitrogen and oxygen atoms in total. The smallest absolute Gasteiger partial charge is 1.00 e. The fraction of sp³-hybridized carbons (Fsp3) is 0.450. The third-order valence-electron chi connectivity index (χ3n) is 7.42. The summed E-state index contributed by atoms with van der Waals surface area (Å²) in [7, 11) is 7.76. The number of alkyl halides is 1. The molecule has 0 saturated heterocycles. The van der Waals surface area contributed by atoms with Gasteiger partial charge in [0.05, 0.1) is 66.4 Å². The number of nitrogens with two attached hydrogens (primary N) is 2. The molecule has 0 aliphatic heterocycles. The first kappa shape index (κ1) is 84.8. The monoisotopic (exact) mass is 1290 g/mol. The Morgan fingerprint density at radius 3 is 1.72 bits per heavy atom. The molecule has 0 amide bonds. The molecule has 5 rings (SSSR count). The summed E-state index contributed by atoms with van der Waals surface area (Å²) < 4.78 is 43.1. The first-order chi connectivity index (χ1) is 35.1. The van der Waals surface area contributed by atoms with E-state index in [0.29, 0.717) is 41.4 Å². The zero-order chi connectivity index (χ0) is 57.5. The summed E-state index contributed by atoms with van der Waals surface area (Å²) >= 11 is 22.8. The van der Waals surface area contributed by atoms with Crippen molar-refractivity contribution in [2.24, 2.45) is 5.73 Å². The van der Waals surface area contributed by atoms with Crippen molar-refractivity contribution in [3.63, 3.8) is 0 Å². The van der Waals surface area contributed by atoms with Gasteiger partial charge in [-0.1, -0.05) is 27.5 Å². The van der Waals surface area contributed by atoms with Crippen LogP contribution in [-0.2, 0) is 63.4 Å². The zero-order valence-electron chi connectivity index (χ0n) is 44.0. The van der Waals surface area contributed by atoms with E-state index in [1.165, 1.54) is 33.2 Å². The number of nitrogens with zero attached hydrogens (tertiary/aromatic N) is 6. The predicted molar refractivity (Wildman–Crippen MR) is 281 cm³/mol. The van der Waals surface area contributed by atoms with E-state index in [4.69, 9.17) is 74.4 Å². The third kappa shape index (κ3) is 46.4. The molecule has 9 N–H and O–H groups in total. The van der Waals surface area contributed by atoms with Crippen LogP contribution in [0.15, 0.2) is 53.1 Å². The van der Waals surface area contributed by atoms with E-state index < -0.39 is 29.5 Å². The quantitative estimate of drug-likeness (QED) is 0.00539. The van der Waals surface area contributed by atoms with Gasteiger partial charge in [-0.15, -0.1) is 0 Å². The van der Waals surface area contributed by atoms with Crippen LogP contribution in [0, 0.1) is 18.6 Å². The van der Waals surface area contributed by atoms with Gasteiger partial charge in [-0.3, -0.25) is 24.4 Å². The van der Waals surface area contributed by atoms with Gasteiger partial charge in [0.1, 0.15) is 28.6 Å². The maximum absolute atomic E-state index is 11.3. The molecule has 0 bridgehead atoms. The standard InChI is InChI=1S/C9H15NO3.C8H13N3O3.C6H4ClN3.C6H5N3O.C5H7NO2.C4H9BrO2.CH4N2.CH2O3.Cl3OP.2K.H/c1-5-13-9(11)8(10-3)6-7(2)12-4;1-13-6(14-2)3-5-7(9)10-4-11-8(5)12;7-5-4-1-2-8-6(4)10-3-9-5;10-6-4-1-2-7-5(4)8-3-9-6;1-3-8-5(7)4-6-2;1-6-4(3-5)7-2;2-1-3;2-1-4-3;1-5(2,3)4;;;/h7-8H,5-6H2,1-2,4H3;4,6H,3H2,1-2H3,(H3,9,10,11,12);1-3H,(H,8,9,10);1-3H,(H2,7,8,9,10);3-4H2,1H3;4H,3H2,1-2H3;1H,(H3,2,3);1,3H;;;;/q;;;;;;;;;2*+1;-1/p-1. The van der Waals surface area contributed by atoms with Crippen molar-refractivity contribution in [3.8, 4) is 0 Å². The van der Waals surface area contributed by atoms with Crippen LogP contribution in [0.1, 0.15) is 34.2 Å². The molecule has 0 radical (unpaired) electrons. The van der Waals surface area contributed by atoms with Crippen LogP contribution in [0.2, 0.25) is 5.15 Å². The number of rotatable bonds is 15. The number of nitrogen functional groups attached to an aromatic ring is 1. The zero-order valence-corrected chi connectivity index (χ0v) is 54.8. The van der Waals surface area contributed by atoms with Crippen LogP contribution in [0.4, 0.5) is 5.82 Å². The number of carbonyl (C=O) groups is 3. The Morgan fingerprint density at radius 1 is 0.868 bits per heavy atom. The second kappa shape index (κ2) is 55.8. The molecule has 0 aliphatic rings. The minimum absolute atomic E-state index is 0. The minimum Gasteiger partial charge on any atom is -1.00 e. The summed E-state index contributed by atoms with van der Waals surface area (Å²) in [5, 5.41) is 13.7. The molecule has 0 fully saturated rings. The predicted octanol–water partition coefficient (Wildman–Crippen LogP) is -0.974. The van der Waals surface area contributed by atoms with Gasteiger partial charge >= 0.3 is 132 Å². The van der Waals surface area contributed by atoms with Crippen molar-refractivity contribution < 1.29 is 166 Å². The number of hydrogen-bond donors (Lipinski definition) is 7. The van der Waals surface area contributed by atoms with E-state index in [9.17, 15) is 23.7 Å². The summed E-state index contributed by atoms with van der Waals surface area (Å²) in [6, 6.07) is 2.81. The Kier molecular flexibility index (Phi) is 62.2. The molecular weight excluding hydrogens is 1230 g/mol. The number of H-pyrrole nitrogens is 4. The van der Waals surface area contributed by atoms with E-state index in [2.05, 4.69) is 115 Å².